The largest absolute Gasteiger partial charge is 0.383 e. The van der Waals surface area contributed by atoms with Crippen molar-refractivity contribution in [2.45, 2.75) is 20.8 Å². The zero-order valence-electron chi connectivity index (χ0n) is 9.39. The molecule has 3 nitrogen and oxygen atoms in total. The molecular weight excluding hydrogens is 164 g/mol. The third-order valence-corrected chi connectivity index (χ3v) is 1.38. The average Bonchev–Trinajstić information content (AvgIpc) is 2.14. The van der Waals surface area contributed by atoms with Gasteiger partial charge in [0.1, 0.15) is 0 Å². The lowest BCUT2D eigenvalue weighted by Gasteiger charge is -1.98. The van der Waals surface area contributed by atoms with Crippen LogP contribution >= 0.6 is 0 Å². The highest BCUT2D eigenvalue weighted by molar-refractivity contribution is 4.88. The van der Waals surface area contributed by atoms with Crippen molar-refractivity contribution in [1.82, 2.24) is 5.32 Å². The number of nitrogens with two attached hydrogens (primary N) is 1. The van der Waals surface area contributed by atoms with Crippen LogP contribution in [0.15, 0.2) is 11.6 Å². The summed E-state index contributed by atoms with van der Waals surface area (Å²) in [5.74, 6) is 0. The van der Waals surface area contributed by atoms with Crippen molar-refractivity contribution in [3.63, 3.8) is 0 Å². The summed E-state index contributed by atoms with van der Waals surface area (Å²) in [6, 6.07) is 0. The maximum absolute atomic E-state index is 5.21. The van der Waals surface area contributed by atoms with Gasteiger partial charge in [0.2, 0.25) is 0 Å². The maximum atomic E-state index is 5.21. The van der Waals surface area contributed by atoms with Crippen LogP contribution in [0.4, 0.5) is 0 Å². The second-order valence-corrected chi connectivity index (χ2v) is 2.90. The topological polar surface area (TPSA) is 47.3 Å². The van der Waals surface area contributed by atoms with E-state index in [1.54, 1.807) is 7.11 Å². The van der Waals surface area contributed by atoms with Crippen molar-refractivity contribution in [3.05, 3.63) is 11.6 Å². The zero-order valence-corrected chi connectivity index (χ0v) is 9.39. The van der Waals surface area contributed by atoms with Gasteiger partial charge in [-0.15, -0.1) is 0 Å². The highest BCUT2D eigenvalue weighted by Crippen LogP contribution is 1.82. The Morgan fingerprint density at radius 1 is 1.38 bits per heavy atom. The van der Waals surface area contributed by atoms with E-state index >= 15 is 0 Å². The predicted octanol–water partition coefficient (Wildman–Crippen LogP) is 1.15. The fourth-order valence-corrected chi connectivity index (χ4v) is 0.401. The lowest BCUT2D eigenvalue weighted by atomic mass is 10.3. The van der Waals surface area contributed by atoms with Crippen molar-refractivity contribution < 1.29 is 4.74 Å². The number of hydrogen-bond donors (Lipinski definition) is 2. The second kappa shape index (κ2) is 14.2. The minimum Gasteiger partial charge on any atom is -0.383 e. The molecule has 3 N–H and O–H groups in total. The van der Waals surface area contributed by atoms with Crippen LogP contribution < -0.4 is 11.1 Å². The number of rotatable bonds is 5. The third-order valence-electron chi connectivity index (χ3n) is 1.38. The van der Waals surface area contributed by atoms with E-state index in [1.807, 2.05) is 6.92 Å². The van der Waals surface area contributed by atoms with Crippen LogP contribution in [0.5, 0.6) is 0 Å². The van der Waals surface area contributed by atoms with Gasteiger partial charge in [-0.1, -0.05) is 11.6 Å². The molecule has 0 aromatic rings. The van der Waals surface area contributed by atoms with Gasteiger partial charge in [0, 0.05) is 26.7 Å². The number of allylic oxidation sites excluding steroid dienone is 2. The molecule has 0 aliphatic heterocycles. The molecule has 0 aromatic heterocycles. The highest BCUT2D eigenvalue weighted by atomic mass is 16.5. The van der Waals surface area contributed by atoms with E-state index in [0.717, 1.165) is 19.7 Å². The Hall–Kier alpha value is -0.380. The Bertz CT molecular complexity index is 103. The minimum atomic E-state index is 0.698. The molecule has 0 rings (SSSR count). The van der Waals surface area contributed by atoms with Crippen LogP contribution in [0.3, 0.4) is 0 Å². The van der Waals surface area contributed by atoms with E-state index in [2.05, 4.69) is 25.2 Å². The van der Waals surface area contributed by atoms with E-state index < -0.39 is 0 Å². The van der Waals surface area contributed by atoms with Gasteiger partial charge in [-0.3, -0.25) is 0 Å². The average molecular weight is 188 g/mol. The van der Waals surface area contributed by atoms with Crippen molar-refractivity contribution in [1.29, 1.82) is 0 Å². The Kier molecular flexibility index (Phi) is 16.5. The van der Waals surface area contributed by atoms with Gasteiger partial charge in [0.15, 0.2) is 0 Å². The van der Waals surface area contributed by atoms with Gasteiger partial charge in [-0.2, -0.15) is 0 Å². The van der Waals surface area contributed by atoms with E-state index in [-0.39, 0.29) is 0 Å². The highest BCUT2D eigenvalue weighted by Gasteiger charge is 1.80. The van der Waals surface area contributed by atoms with E-state index in [4.69, 9.17) is 10.5 Å². The molecule has 0 unspecified atom stereocenters. The zero-order chi connectivity index (χ0) is 10.5. The van der Waals surface area contributed by atoms with Gasteiger partial charge in [0.25, 0.3) is 0 Å². The molecule has 0 saturated carbocycles. The molecule has 0 atom stereocenters. The normalized spacial score (nSPS) is 8.69. The monoisotopic (exact) mass is 188 g/mol. The quantitative estimate of drug-likeness (QED) is 0.502. The van der Waals surface area contributed by atoms with Crippen LogP contribution in [0, 0.1) is 0 Å². The van der Waals surface area contributed by atoms with Gasteiger partial charge < -0.3 is 15.8 Å². The fraction of sp³-hybridized carbons (Fsp3) is 0.800. The molecule has 0 aliphatic rings. The standard InChI is InChI=1S/C5H14N2O.C5H10/c1-8-5-4-7-3-2-6;1-4-5(2)3/h7H,2-6H2,1H3;4H,1-3H3. The molecule has 0 amide bonds. The fourth-order valence-electron chi connectivity index (χ4n) is 0.401. The van der Waals surface area contributed by atoms with Gasteiger partial charge in [-0.25, -0.2) is 0 Å². The van der Waals surface area contributed by atoms with Crippen molar-refractivity contribution in [2.24, 2.45) is 5.73 Å². The van der Waals surface area contributed by atoms with Crippen LogP contribution in [0.1, 0.15) is 20.8 Å². The molecule has 0 saturated heterocycles. The number of hydrogen-bond acceptors (Lipinski definition) is 3. The summed E-state index contributed by atoms with van der Waals surface area (Å²) >= 11 is 0. The Balaban J connectivity index is 0. The third kappa shape index (κ3) is 24.5. The predicted molar refractivity (Wildman–Crippen MR) is 58.9 cm³/mol. The summed E-state index contributed by atoms with van der Waals surface area (Å²) in [6.45, 7) is 9.44. The summed E-state index contributed by atoms with van der Waals surface area (Å²) < 4.78 is 4.79. The molecule has 0 radical (unpaired) electrons. The second-order valence-electron chi connectivity index (χ2n) is 2.90. The van der Waals surface area contributed by atoms with Crippen molar-refractivity contribution in [3.8, 4) is 0 Å². The summed E-state index contributed by atoms with van der Waals surface area (Å²) in [5.41, 5.74) is 6.59. The van der Waals surface area contributed by atoms with Gasteiger partial charge >= 0.3 is 0 Å². The van der Waals surface area contributed by atoms with E-state index in [0.29, 0.717) is 6.54 Å². The van der Waals surface area contributed by atoms with Crippen LogP contribution in [0.25, 0.3) is 0 Å². The molecule has 13 heavy (non-hydrogen) atoms. The van der Waals surface area contributed by atoms with Crippen LogP contribution in [-0.2, 0) is 4.74 Å². The first-order chi connectivity index (χ1) is 6.18. The van der Waals surface area contributed by atoms with Gasteiger partial charge in [-0.05, 0) is 20.8 Å². The Labute approximate surface area is 82.3 Å². The van der Waals surface area contributed by atoms with Crippen LogP contribution in [0.2, 0.25) is 0 Å². The number of ether oxygens (including phenoxy) is 1. The van der Waals surface area contributed by atoms with E-state index in [9.17, 15) is 0 Å². The van der Waals surface area contributed by atoms with Crippen molar-refractivity contribution >= 4 is 0 Å². The summed E-state index contributed by atoms with van der Waals surface area (Å²) in [6.07, 6.45) is 2.08. The summed E-state index contributed by atoms with van der Waals surface area (Å²) in [5, 5.41) is 3.09. The number of methoxy groups -OCH3 is 1. The molecule has 0 heterocycles. The first kappa shape index (κ1) is 15.1. The number of nitrogens with one attached hydrogen (secondary N) is 1. The van der Waals surface area contributed by atoms with Gasteiger partial charge in [0.05, 0.1) is 6.61 Å². The maximum Gasteiger partial charge on any atom is 0.0587 e. The molecule has 0 fully saturated rings. The Morgan fingerprint density at radius 3 is 2.23 bits per heavy atom. The van der Waals surface area contributed by atoms with E-state index in [1.165, 1.54) is 5.57 Å². The van der Waals surface area contributed by atoms with Crippen molar-refractivity contribution in [2.75, 3.05) is 33.4 Å². The molecule has 0 spiro atoms. The molecular formula is C10H24N2O. The molecule has 0 aliphatic carbocycles. The lowest BCUT2D eigenvalue weighted by molar-refractivity contribution is 0.200. The summed E-state index contributed by atoms with van der Waals surface area (Å²) in [4.78, 5) is 0. The molecule has 3 heteroatoms. The molecule has 80 valence electrons. The smallest absolute Gasteiger partial charge is 0.0587 e. The molecule has 0 bridgehead atoms. The lowest BCUT2D eigenvalue weighted by Crippen LogP contribution is -2.25. The Morgan fingerprint density at radius 2 is 1.92 bits per heavy atom. The minimum absolute atomic E-state index is 0.698. The first-order valence-electron chi connectivity index (χ1n) is 4.68. The van der Waals surface area contributed by atoms with Crippen LogP contribution in [-0.4, -0.2) is 33.4 Å². The molecule has 0 aromatic carbocycles. The summed E-state index contributed by atoms with van der Waals surface area (Å²) in [7, 11) is 1.68. The first-order valence-corrected chi connectivity index (χ1v) is 4.68. The SMILES string of the molecule is CC=C(C)C.COCCNCCN.